The zero-order valence-corrected chi connectivity index (χ0v) is 13.1. The third-order valence-electron chi connectivity index (χ3n) is 4.53. The summed E-state index contributed by atoms with van der Waals surface area (Å²) in [7, 11) is 0. The van der Waals surface area contributed by atoms with Crippen LogP contribution in [-0.4, -0.2) is 56.0 Å². The summed E-state index contributed by atoms with van der Waals surface area (Å²) < 4.78 is 7.37. The summed E-state index contributed by atoms with van der Waals surface area (Å²) in [5, 5.41) is 48.8. The molecule has 2 aliphatic rings. The molecule has 23 heavy (non-hydrogen) atoms. The number of aliphatic hydroxyl groups is 4. The van der Waals surface area contributed by atoms with Crippen LogP contribution in [0.1, 0.15) is 29.5 Å². The number of pyridine rings is 1. The highest BCUT2D eigenvalue weighted by Crippen LogP contribution is 2.33. The van der Waals surface area contributed by atoms with E-state index in [4.69, 9.17) is 17.0 Å². The van der Waals surface area contributed by atoms with Crippen LogP contribution in [0.4, 0.5) is 0 Å². The Bertz CT molecular complexity index is 711. The van der Waals surface area contributed by atoms with Crippen LogP contribution in [0.25, 0.3) is 0 Å². The summed E-state index contributed by atoms with van der Waals surface area (Å²) in [4.78, 5) is 0. The Labute approximate surface area is 138 Å². The largest absolute Gasteiger partial charge is 0.394 e. The van der Waals surface area contributed by atoms with E-state index in [2.05, 4.69) is 0 Å². The number of aromatic nitrogens is 1. The number of nitriles is 1. The minimum atomic E-state index is -1.48. The molecule has 3 rings (SSSR count). The van der Waals surface area contributed by atoms with Crippen LogP contribution in [0.15, 0.2) is 6.07 Å². The normalized spacial score (nSPS) is 33.3. The van der Waals surface area contributed by atoms with Gasteiger partial charge in [-0.25, -0.2) is 0 Å². The van der Waals surface area contributed by atoms with Crippen molar-refractivity contribution in [1.29, 1.82) is 5.26 Å². The molecule has 124 valence electrons. The van der Waals surface area contributed by atoms with E-state index < -0.39 is 37.3 Å². The second kappa shape index (κ2) is 6.28. The molecule has 1 aliphatic carbocycles. The van der Waals surface area contributed by atoms with Gasteiger partial charge in [-0.3, -0.25) is 0 Å². The number of aliphatic hydroxyl groups excluding tert-OH is 4. The molecule has 8 heteroatoms. The maximum Gasteiger partial charge on any atom is 0.164 e. The van der Waals surface area contributed by atoms with Crippen molar-refractivity contribution < 1.29 is 25.2 Å². The SMILES string of the molecule is N#Cc1cc2c(n([C@@H]3O[C@H](CO)[C@H](O)[C@H](O)[C@H]3O)c1=S)CCC2. The molecule has 0 saturated carbocycles. The maximum atomic E-state index is 10.3. The first-order valence-electron chi connectivity index (χ1n) is 7.47. The third kappa shape index (κ3) is 2.59. The number of hydrogen-bond acceptors (Lipinski definition) is 7. The lowest BCUT2D eigenvalue weighted by Gasteiger charge is -2.41. The third-order valence-corrected chi connectivity index (χ3v) is 4.95. The minimum Gasteiger partial charge on any atom is -0.394 e. The number of aryl methyl sites for hydroxylation is 1. The molecule has 0 bridgehead atoms. The smallest absolute Gasteiger partial charge is 0.164 e. The van der Waals surface area contributed by atoms with Crippen molar-refractivity contribution in [3.8, 4) is 6.07 Å². The Morgan fingerprint density at radius 3 is 2.65 bits per heavy atom. The van der Waals surface area contributed by atoms with E-state index in [1.54, 1.807) is 10.6 Å². The summed E-state index contributed by atoms with van der Waals surface area (Å²) in [5.41, 5.74) is 2.13. The molecular formula is C15H18N2O5S. The molecule has 1 fully saturated rings. The van der Waals surface area contributed by atoms with Gasteiger partial charge in [-0.15, -0.1) is 0 Å². The molecule has 1 aromatic heterocycles. The molecular weight excluding hydrogens is 320 g/mol. The first-order valence-corrected chi connectivity index (χ1v) is 7.88. The van der Waals surface area contributed by atoms with E-state index in [-0.39, 0.29) is 4.64 Å². The van der Waals surface area contributed by atoms with Crippen molar-refractivity contribution >= 4 is 12.2 Å². The van der Waals surface area contributed by atoms with Gasteiger partial charge in [0, 0.05) is 5.69 Å². The van der Waals surface area contributed by atoms with Gasteiger partial charge in [0.15, 0.2) is 6.23 Å². The standard InChI is InChI=1S/C15H18N2O5S/c16-5-8-4-7-2-1-3-9(7)17(15(8)23)14-13(21)12(20)11(19)10(6-18)22-14/h4,10-14,18-21H,1-3,6H2/t10-,11+,12+,13-,14-/m1/s1. The topological polar surface area (TPSA) is 119 Å². The molecule has 5 atom stereocenters. The molecule has 1 saturated heterocycles. The number of nitrogens with zero attached hydrogens (tertiary/aromatic N) is 2. The molecule has 0 amide bonds. The molecule has 1 aliphatic heterocycles. The summed E-state index contributed by atoms with van der Waals surface area (Å²) in [6.07, 6.45) is -3.96. The highest BCUT2D eigenvalue weighted by atomic mass is 32.1. The van der Waals surface area contributed by atoms with Crippen molar-refractivity contribution in [3.05, 3.63) is 27.5 Å². The molecule has 1 aromatic rings. The van der Waals surface area contributed by atoms with Gasteiger partial charge in [-0.2, -0.15) is 5.26 Å². The van der Waals surface area contributed by atoms with Crippen molar-refractivity contribution in [3.63, 3.8) is 0 Å². The molecule has 7 nitrogen and oxygen atoms in total. The fourth-order valence-electron chi connectivity index (χ4n) is 3.31. The van der Waals surface area contributed by atoms with E-state index >= 15 is 0 Å². The van der Waals surface area contributed by atoms with Crippen LogP contribution in [0.3, 0.4) is 0 Å². The van der Waals surface area contributed by atoms with Crippen molar-refractivity contribution in [1.82, 2.24) is 4.57 Å². The quantitative estimate of drug-likeness (QED) is 0.539. The molecule has 4 N–H and O–H groups in total. The van der Waals surface area contributed by atoms with Gasteiger partial charge in [0.1, 0.15) is 35.1 Å². The number of rotatable bonds is 2. The Morgan fingerprint density at radius 1 is 1.26 bits per heavy atom. The van der Waals surface area contributed by atoms with Gasteiger partial charge in [0.25, 0.3) is 0 Å². The lowest BCUT2D eigenvalue weighted by molar-refractivity contribution is -0.252. The average molecular weight is 338 g/mol. The first kappa shape index (κ1) is 16.5. The molecule has 2 heterocycles. The molecule has 0 unspecified atom stereocenters. The summed E-state index contributed by atoms with van der Waals surface area (Å²) in [5.74, 6) is 0. The fraction of sp³-hybridized carbons (Fsp3) is 0.600. The van der Waals surface area contributed by atoms with Crippen LogP contribution in [-0.2, 0) is 17.6 Å². The minimum absolute atomic E-state index is 0.220. The predicted molar refractivity (Wildman–Crippen MR) is 81.0 cm³/mol. The van der Waals surface area contributed by atoms with Gasteiger partial charge < -0.3 is 29.7 Å². The van der Waals surface area contributed by atoms with Crippen LogP contribution in [0.5, 0.6) is 0 Å². The van der Waals surface area contributed by atoms with E-state index in [0.717, 1.165) is 30.5 Å². The van der Waals surface area contributed by atoms with Crippen molar-refractivity contribution in [2.45, 2.75) is 49.9 Å². The Morgan fingerprint density at radius 2 is 2.00 bits per heavy atom. The Kier molecular flexibility index (Phi) is 4.51. The fourth-order valence-corrected chi connectivity index (χ4v) is 3.63. The van der Waals surface area contributed by atoms with Gasteiger partial charge in [0.05, 0.1) is 12.2 Å². The maximum absolute atomic E-state index is 10.3. The van der Waals surface area contributed by atoms with Gasteiger partial charge in [0.2, 0.25) is 0 Å². The van der Waals surface area contributed by atoms with Gasteiger partial charge in [-0.1, -0.05) is 12.2 Å². The van der Waals surface area contributed by atoms with Crippen LogP contribution in [0, 0.1) is 16.0 Å². The highest BCUT2D eigenvalue weighted by Gasteiger charge is 2.45. The second-order valence-electron chi connectivity index (χ2n) is 5.89. The van der Waals surface area contributed by atoms with Crippen LogP contribution in [0.2, 0.25) is 0 Å². The molecule has 0 spiro atoms. The van der Waals surface area contributed by atoms with E-state index in [1.807, 2.05) is 6.07 Å². The lowest BCUT2D eigenvalue weighted by atomic mass is 9.97. The summed E-state index contributed by atoms with van der Waals surface area (Å²) in [6.45, 7) is -0.505. The Balaban J connectivity index is 2.13. The monoisotopic (exact) mass is 338 g/mol. The van der Waals surface area contributed by atoms with E-state index in [0.29, 0.717) is 5.56 Å². The summed E-state index contributed by atoms with van der Waals surface area (Å²) >= 11 is 5.35. The Hall–Kier alpha value is -1.34. The highest BCUT2D eigenvalue weighted by molar-refractivity contribution is 7.71. The van der Waals surface area contributed by atoms with Crippen molar-refractivity contribution in [2.24, 2.45) is 0 Å². The average Bonchev–Trinajstić information content (AvgIpc) is 3.01. The summed E-state index contributed by atoms with van der Waals surface area (Å²) in [6, 6.07) is 3.80. The van der Waals surface area contributed by atoms with Crippen LogP contribution < -0.4 is 0 Å². The van der Waals surface area contributed by atoms with Crippen molar-refractivity contribution in [2.75, 3.05) is 6.61 Å². The molecule has 0 aromatic carbocycles. The van der Waals surface area contributed by atoms with Gasteiger partial charge in [-0.05, 0) is 30.9 Å². The number of ether oxygens (including phenoxy) is 1. The lowest BCUT2D eigenvalue weighted by Crippen LogP contribution is -2.56. The van der Waals surface area contributed by atoms with Crippen LogP contribution >= 0.6 is 12.2 Å². The van der Waals surface area contributed by atoms with E-state index in [1.165, 1.54) is 0 Å². The zero-order chi connectivity index (χ0) is 16.7. The zero-order valence-electron chi connectivity index (χ0n) is 12.3. The number of fused-ring (bicyclic) bond motifs is 1. The second-order valence-corrected chi connectivity index (χ2v) is 6.28. The van der Waals surface area contributed by atoms with Gasteiger partial charge >= 0.3 is 0 Å². The number of hydrogen-bond donors (Lipinski definition) is 4. The van der Waals surface area contributed by atoms with E-state index in [9.17, 15) is 25.7 Å². The molecule has 0 radical (unpaired) electrons. The predicted octanol–water partition coefficient (Wildman–Crippen LogP) is -0.450. The first-order chi connectivity index (χ1) is 11.0.